The van der Waals surface area contributed by atoms with E-state index in [1.165, 1.54) is 0 Å². The summed E-state index contributed by atoms with van der Waals surface area (Å²) >= 11 is 6.60. The van der Waals surface area contributed by atoms with Gasteiger partial charge in [0.25, 0.3) is 0 Å². The Morgan fingerprint density at radius 3 is 2.05 bits per heavy atom. The molecule has 0 bridgehead atoms. The van der Waals surface area contributed by atoms with Crippen molar-refractivity contribution in [1.29, 1.82) is 5.26 Å². The van der Waals surface area contributed by atoms with Crippen LogP contribution in [-0.4, -0.2) is 71.5 Å². The van der Waals surface area contributed by atoms with Crippen molar-refractivity contribution in [2.75, 3.05) is 26.3 Å². The third kappa shape index (κ3) is 9.82. The first-order chi connectivity index (χ1) is 28.6. The van der Waals surface area contributed by atoms with Crippen LogP contribution in [0.25, 0.3) is 0 Å². The molecule has 2 fully saturated rings. The number of nitriles is 1. The summed E-state index contributed by atoms with van der Waals surface area (Å²) in [6, 6.07) is 36.9. The van der Waals surface area contributed by atoms with Crippen LogP contribution in [0.3, 0.4) is 0 Å². The van der Waals surface area contributed by atoms with Crippen molar-refractivity contribution >= 4 is 29.6 Å². The Balaban J connectivity index is 1.27. The van der Waals surface area contributed by atoms with Gasteiger partial charge in [-0.1, -0.05) is 115 Å². The molecule has 59 heavy (non-hydrogen) atoms. The van der Waals surface area contributed by atoms with Crippen LogP contribution in [0.15, 0.2) is 115 Å². The molecule has 2 heterocycles. The number of carboxylic acids is 2. The van der Waals surface area contributed by atoms with Crippen molar-refractivity contribution in [2.45, 2.75) is 82.4 Å². The predicted octanol–water partition coefficient (Wildman–Crippen LogP) is 9.30. The van der Waals surface area contributed by atoms with Crippen molar-refractivity contribution in [3.8, 4) is 6.07 Å². The van der Waals surface area contributed by atoms with E-state index in [0.717, 1.165) is 36.0 Å². The van der Waals surface area contributed by atoms with E-state index in [2.05, 4.69) is 11.4 Å². The van der Waals surface area contributed by atoms with E-state index in [9.17, 15) is 29.9 Å². The summed E-state index contributed by atoms with van der Waals surface area (Å²) in [4.78, 5) is 42.7. The Morgan fingerprint density at radius 2 is 1.47 bits per heavy atom. The number of hydrogen-bond donors (Lipinski definition) is 3. The fourth-order valence-electron chi connectivity index (χ4n) is 9.67. The maximum absolute atomic E-state index is 14.4. The second-order valence-corrected chi connectivity index (χ2v) is 16.5. The standard InChI is InChI=1S/C48H54ClN3O7/c1-34-47(44(53)54,25-12-27-50)43(39-19-11-20-40(49)31-39)48(45(55)56,26-21-41(37-15-7-3-8-16-37)38-17-9-4-10-18-38)42(51-34)33-58-30-24-35-22-28-52(29-23-35)46(57)59-32-36-13-5-2-6-14-36/h2-11,13-20,31,34-35,41-43,51H,12,21-26,28-30,32-33H2,1H3,(H,53,54)(H,55,56). The second-order valence-electron chi connectivity index (χ2n) is 16.0. The van der Waals surface area contributed by atoms with Gasteiger partial charge in [0.15, 0.2) is 0 Å². The molecular formula is C48H54ClN3O7. The van der Waals surface area contributed by atoms with Gasteiger partial charge in [0, 0.05) is 55.1 Å². The highest BCUT2D eigenvalue weighted by atomic mass is 35.5. The van der Waals surface area contributed by atoms with Crippen LogP contribution in [0.5, 0.6) is 0 Å². The number of nitrogens with zero attached hydrogens (tertiary/aromatic N) is 2. The first-order valence-corrected chi connectivity index (χ1v) is 21.0. The number of nitrogens with one attached hydrogen (secondary N) is 1. The number of carbonyl (C=O) groups excluding carboxylic acids is 1. The summed E-state index contributed by atoms with van der Waals surface area (Å²) in [7, 11) is 0. The molecule has 11 heteroatoms. The summed E-state index contributed by atoms with van der Waals surface area (Å²) < 4.78 is 12.0. The summed E-state index contributed by atoms with van der Waals surface area (Å²) in [6.45, 7) is 3.54. The van der Waals surface area contributed by atoms with Crippen molar-refractivity contribution in [3.63, 3.8) is 0 Å². The van der Waals surface area contributed by atoms with E-state index in [0.29, 0.717) is 42.6 Å². The molecule has 2 aliphatic rings. The van der Waals surface area contributed by atoms with Crippen molar-refractivity contribution < 1.29 is 34.1 Å². The molecule has 10 nitrogen and oxygen atoms in total. The van der Waals surface area contributed by atoms with Crippen LogP contribution >= 0.6 is 11.6 Å². The van der Waals surface area contributed by atoms with Crippen LogP contribution in [-0.2, 0) is 25.7 Å². The normalized spacial score (nSPS) is 23.4. The number of piperidine rings is 2. The average molecular weight is 820 g/mol. The lowest BCUT2D eigenvalue weighted by Crippen LogP contribution is -2.71. The third-order valence-corrected chi connectivity index (χ3v) is 13.0. The Hall–Kier alpha value is -5.21. The molecule has 3 N–H and O–H groups in total. The lowest BCUT2D eigenvalue weighted by molar-refractivity contribution is -0.177. The Morgan fingerprint density at radius 1 is 0.864 bits per heavy atom. The number of halogens is 1. The van der Waals surface area contributed by atoms with Crippen LogP contribution in [0, 0.1) is 28.1 Å². The quantitative estimate of drug-likeness (QED) is 0.0887. The first-order valence-electron chi connectivity index (χ1n) is 20.6. The van der Waals surface area contributed by atoms with Crippen molar-refractivity contribution in [3.05, 3.63) is 143 Å². The number of amides is 1. The van der Waals surface area contributed by atoms with Crippen molar-refractivity contribution in [1.82, 2.24) is 10.2 Å². The number of carboxylic acid groups (broad SMARTS) is 2. The van der Waals surface area contributed by atoms with Crippen LogP contribution in [0.1, 0.15) is 86.0 Å². The summed E-state index contributed by atoms with van der Waals surface area (Å²) in [5.41, 5.74) is 0.0897. The number of carbonyl (C=O) groups is 3. The zero-order valence-electron chi connectivity index (χ0n) is 33.5. The maximum Gasteiger partial charge on any atom is 0.410 e. The molecule has 0 aromatic heterocycles. The van der Waals surface area contributed by atoms with E-state index < -0.39 is 40.8 Å². The minimum atomic E-state index is -1.71. The number of hydrogen-bond acceptors (Lipinski definition) is 7. The van der Waals surface area contributed by atoms with Gasteiger partial charge in [-0.3, -0.25) is 9.59 Å². The molecule has 5 atom stereocenters. The van der Waals surface area contributed by atoms with Crippen LogP contribution < -0.4 is 5.32 Å². The zero-order chi connectivity index (χ0) is 41.8. The van der Waals surface area contributed by atoms with Gasteiger partial charge >= 0.3 is 18.0 Å². The molecular weight excluding hydrogens is 766 g/mol. The van der Waals surface area contributed by atoms with Gasteiger partial charge < -0.3 is 29.9 Å². The van der Waals surface area contributed by atoms with Crippen molar-refractivity contribution in [2.24, 2.45) is 16.7 Å². The third-order valence-electron chi connectivity index (χ3n) is 12.8. The van der Waals surface area contributed by atoms with Crippen LogP contribution in [0.4, 0.5) is 4.79 Å². The molecule has 2 aliphatic heterocycles. The smallest absolute Gasteiger partial charge is 0.410 e. The number of benzene rings is 4. The number of likely N-dealkylation sites (tertiary alicyclic amines) is 1. The first kappa shape index (κ1) is 43.4. The Labute approximate surface area is 352 Å². The van der Waals surface area contributed by atoms with E-state index >= 15 is 0 Å². The summed E-state index contributed by atoms with van der Waals surface area (Å²) in [6.07, 6.45) is 2.33. The fraction of sp³-hybridized carbons (Fsp3) is 0.417. The van der Waals surface area contributed by atoms with Gasteiger partial charge in [0.05, 0.1) is 23.5 Å². The van der Waals surface area contributed by atoms with E-state index in [1.54, 1.807) is 36.1 Å². The molecule has 4 aromatic rings. The summed E-state index contributed by atoms with van der Waals surface area (Å²) in [5, 5.41) is 36.7. The largest absolute Gasteiger partial charge is 0.481 e. The van der Waals surface area contributed by atoms with Gasteiger partial charge in [0.1, 0.15) is 6.61 Å². The van der Waals surface area contributed by atoms with Gasteiger partial charge in [-0.25, -0.2) is 4.79 Å². The van der Waals surface area contributed by atoms with Crippen LogP contribution in [0.2, 0.25) is 5.02 Å². The SMILES string of the molecule is CC1NC(COCCC2CCN(C(=O)OCc3ccccc3)CC2)C(CCC(c2ccccc2)c2ccccc2)(C(=O)O)C(c2cccc(Cl)c2)C1(CCC#N)C(=O)O. The Bertz CT molecular complexity index is 2000. The lowest BCUT2D eigenvalue weighted by atomic mass is 9.49. The highest BCUT2D eigenvalue weighted by molar-refractivity contribution is 6.30. The number of rotatable bonds is 17. The topological polar surface area (TPSA) is 149 Å². The number of aliphatic carboxylic acids is 2. The average Bonchev–Trinajstić information content (AvgIpc) is 3.25. The molecule has 0 radical (unpaired) electrons. The molecule has 0 aliphatic carbocycles. The minimum absolute atomic E-state index is 0.0215. The second kappa shape index (κ2) is 20.2. The number of ether oxygens (including phenoxy) is 2. The zero-order valence-corrected chi connectivity index (χ0v) is 34.3. The Kier molecular flexibility index (Phi) is 14.8. The van der Waals surface area contributed by atoms with E-state index in [4.69, 9.17) is 21.1 Å². The van der Waals surface area contributed by atoms with E-state index in [1.807, 2.05) is 91.0 Å². The monoisotopic (exact) mass is 819 g/mol. The lowest BCUT2D eigenvalue weighted by Gasteiger charge is -2.58. The molecule has 310 valence electrons. The molecule has 1 amide bonds. The van der Waals surface area contributed by atoms with Gasteiger partial charge in [-0.15, -0.1) is 0 Å². The molecule has 0 saturated carbocycles. The summed E-state index contributed by atoms with van der Waals surface area (Å²) in [5.74, 6) is -3.27. The molecule has 4 aromatic carbocycles. The minimum Gasteiger partial charge on any atom is -0.481 e. The van der Waals surface area contributed by atoms with E-state index in [-0.39, 0.29) is 44.5 Å². The highest BCUT2D eigenvalue weighted by Crippen LogP contribution is 2.60. The maximum atomic E-state index is 14.4. The molecule has 2 saturated heterocycles. The predicted molar refractivity (Wildman–Crippen MR) is 226 cm³/mol. The molecule has 0 spiro atoms. The van der Waals surface area contributed by atoms with Gasteiger partial charge in [-0.05, 0) is 85.8 Å². The van der Waals surface area contributed by atoms with Gasteiger partial charge in [0.2, 0.25) is 0 Å². The van der Waals surface area contributed by atoms with Gasteiger partial charge in [-0.2, -0.15) is 5.26 Å². The fourth-order valence-corrected chi connectivity index (χ4v) is 9.87. The highest BCUT2D eigenvalue weighted by Gasteiger charge is 2.67. The molecule has 5 unspecified atom stereocenters. The molecule has 6 rings (SSSR count).